The number of alkyl carbamates (subject to hydrolysis) is 1. The third-order valence-corrected chi connectivity index (χ3v) is 8.31. The molecule has 0 bridgehead atoms. The minimum Gasteiger partial charge on any atom is -0.460 e. The summed E-state index contributed by atoms with van der Waals surface area (Å²) < 4.78 is 27.1. The van der Waals surface area contributed by atoms with E-state index in [1.807, 2.05) is 0 Å². The Morgan fingerprint density at radius 3 is 1.68 bits per heavy atom. The van der Waals surface area contributed by atoms with Crippen LogP contribution in [0.4, 0.5) is 4.79 Å². The average Bonchev–Trinajstić information content (AvgIpc) is 3.78. The van der Waals surface area contributed by atoms with E-state index in [0.717, 1.165) is 0 Å². The predicted molar refractivity (Wildman–Crippen MR) is 182 cm³/mol. The number of rotatable bonds is 14. The fourth-order valence-corrected chi connectivity index (χ4v) is 5.04. The lowest BCUT2D eigenvalue weighted by atomic mass is 9.95. The van der Waals surface area contributed by atoms with Gasteiger partial charge in [0, 0.05) is 11.6 Å². The molecule has 1 N–H and O–H groups in total. The molecule has 268 valence electrons. The monoisotopic (exact) mass is 730 g/mol. The molecule has 14 nitrogen and oxygen atoms in total. The molecule has 0 unspecified atom stereocenters. The maximum Gasteiger partial charge on any atom is 0.408 e. The summed E-state index contributed by atoms with van der Waals surface area (Å²) in [5, 5.41) is 8.15. The molecule has 0 fully saturated rings. The van der Waals surface area contributed by atoms with Crippen LogP contribution in [0.25, 0.3) is 0 Å². The van der Waals surface area contributed by atoms with Crippen LogP contribution in [0.15, 0.2) is 58.4 Å². The summed E-state index contributed by atoms with van der Waals surface area (Å²) in [6.07, 6.45) is -1.27. The van der Waals surface area contributed by atoms with Gasteiger partial charge >= 0.3 is 35.9 Å². The number of hydrogen-bond donors (Lipinski definition) is 1. The van der Waals surface area contributed by atoms with Gasteiger partial charge in [-0.25, -0.2) is 14.4 Å². The maximum atomic E-state index is 13.4. The topological polar surface area (TPSA) is 190 Å². The van der Waals surface area contributed by atoms with Crippen LogP contribution in [0.1, 0.15) is 73.4 Å². The number of nitroso groups, excluding NO2 is 1. The van der Waals surface area contributed by atoms with E-state index in [4.69, 9.17) is 23.7 Å². The van der Waals surface area contributed by atoms with Crippen LogP contribution in [0, 0.1) is 15.7 Å². The second kappa shape index (κ2) is 16.6. The van der Waals surface area contributed by atoms with E-state index in [1.54, 1.807) is 55.8 Å². The van der Waals surface area contributed by atoms with Gasteiger partial charge in [0.1, 0.15) is 34.6 Å². The maximum absolute atomic E-state index is 13.4. The van der Waals surface area contributed by atoms with Gasteiger partial charge in [-0.2, -0.15) is 0 Å². The average molecular weight is 731 g/mol. The highest BCUT2D eigenvalue weighted by molar-refractivity contribution is 7.12. The molecule has 2 amide bonds. The van der Waals surface area contributed by atoms with E-state index >= 15 is 0 Å². The number of amides is 2. The molecule has 0 aliphatic rings. The summed E-state index contributed by atoms with van der Waals surface area (Å²) in [5.41, 5.74) is -3.39. The first-order chi connectivity index (χ1) is 23.3. The molecule has 3 aromatic rings. The zero-order valence-electron chi connectivity index (χ0n) is 28.6. The fourth-order valence-electron chi connectivity index (χ4n) is 3.81. The van der Waals surface area contributed by atoms with Crippen LogP contribution < -0.4 is 14.8 Å². The molecule has 0 saturated carbocycles. The van der Waals surface area contributed by atoms with Crippen LogP contribution in [-0.4, -0.2) is 60.7 Å². The molecule has 0 aliphatic carbocycles. The third-order valence-electron chi connectivity index (χ3n) is 6.61. The Bertz CT molecular complexity index is 1710. The van der Waals surface area contributed by atoms with E-state index in [0.29, 0.717) is 9.75 Å². The van der Waals surface area contributed by atoms with Gasteiger partial charge in [-0.15, -0.1) is 27.6 Å². The molecule has 2 aromatic heterocycles. The summed E-state index contributed by atoms with van der Waals surface area (Å²) >= 11 is 2.35. The number of nitrogens with zero attached hydrogens (tertiary/aromatic N) is 1. The molecule has 16 heteroatoms. The highest BCUT2D eigenvalue weighted by atomic mass is 32.1. The Morgan fingerprint density at radius 2 is 1.24 bits per heavy atom. The Hall–Kier alpha value is -4.96. The lowest BCUT2D eigenvalue weighted by molar-refractivity contribution is -0.149. The minimum absolute atomic E-state index is 0.215. The second-order valence-electron chi connectivity index (χ2n) is 13.3. The van der Waals surface area contributed by atoms with Crippen molar-refractivity contribution in [3.8, 4) is 11.5 Å². The molecule has 0 saturated heterocycles. The second-order valence-corrected chi connectivity index (χ2v) is 15.2. The smallest absolute Gasteiger partial charge is 0.408 e. The number of ether oxygens (including phenoxy) is 5. The fraction of sp³-hybridized carbons (Fsp3) is 0.412. The van der Waals surface area contributed by atoms with Gasteiger partial charge < -0.3 is 29.0 Å². The van der Waals surface area contributed by atoms with Crippen molar-refractivity contribution in [3.05, 3.63) is 73.4 Å². The first-order valence-corrected chi connectivity index (χ1v) is 16.9. The van der Waals surface area contributed by atoms with Crippen molar-refractivity contribution >= 4 is 58.6 Å². The van der Waals surface area contributed by atoms with Gasteiger partial charge in [-0.3, -0.25) is 14.4 Å². The van der Waals surface area contributed by atoms with Crippen LogP contribution in [0.3, 0.4) is 0 Å². The Labute approximate surface area is 296 Å². The van der Waals surface area contributed by atoms with Gasteiger partial charge in [0.2, 0.25) is 0 Å². The predicted octanol–water partition coefficient (Wildman–Crippen LogP) is 6.12. The number of carbonyl (C=O) groups excluding carboxylic acids is 6. The van der Waals surface area contributed by atoms with Crippen LogP contribution in [-0.2, 0) is 35.0 Å². The van der Waals surface area contributed by atoms with Crippen LogP contribution in [0.5, 0.6) is 11.5 Å². The summed E-state index contributed by atoms with van der Waals surface area (Å²) in [6.45, 7) is 10.1. The normalized spacial score (nSPS) is 12.2. The standard InChI is InChI=1S/C34H38N2O12S2/c1-32(2,3)48-31(42)35-21(26(37)36-43)16-20-12-13-22(46-29(40)33(4,5)18-44-27(38)24-10-8-14-49-24)23(17-20)47-30(41)34(6,7)19-45-28(39)25-11-9-15-50-25/h8-15,17,21H,16,18-19H2,1-7H3,(H,35,42)/t21-/m0/s1. The van der Waals surface area contributed by atoms with Crippen molar-refractivity contribution in [1.29, 1.82) is 0 Å². The summed E-state index contributed by atoms with van der Waals surface area (Å²) in [5.74, 6) is -4.63. The van der Waals surface area contributed by atoms with E-state index in [2.05, 4.69) is 10.5 Å². The molecule has 3 rings (SSSR count). The van der Waals surface area contributed by atoms with Gasteiger partial charge in [0.15, 0.2) is 11.5 Å². The molecule has 0 aliphatic heterocycles. The zero-order chi connectivity index (χ0) is 37.3. The van der Waals surface area contributed by atoms with Crippen molar-refractivity contribution in [3.63, 3.8) is 0 Å². The minimum atomic E-state index is -1.45. The Morgan fingerprint density at radius 1 is 0.740 bits per heavy atom. The summed E-state index contributed by atoms with van der Waals surface area (Å²) in [4.78, 5) is 88.1. The number of esters is 4. The number of nitrogens with one attached hydrogen (secondary N) is 1. The molecule has 0 radical (unpaired) electrons. The lowest BCUT2D eigenvalue weighted by Gasteiger charge is -2.25. The van der Waals surface area contributed by atoms with E-state index in [9.17, 15) is 33.7 Å². The van der Waals surface area contributed by atoms with Crippen molar-refractivity contribution in [2.45, 2.75) is 66.5 Å². The van der Waals surface area contributed by atoms with Gasteiger partial charge in [0.05, 0.1) is 10.8 Å². The van der Waals surface area contributed by atoms with E-state index < -0.39 is 58.4 Å². The number of thiophene rings is 2. The summed E-state index contributed by atoms with van der Waals surface area (Å²) in [6, 6.07) is 9.05. The quantitative estimate of drug-likeness (QED) is 0.0867. The Balaban J connectivity index is 1.87. The number of carbonyl (C=O) groups is 6. The van der Waals surface area contributed by atoms with E-state index in [1.165, 1.54) is 68.6 Å². The molecule has 0 spiro atoms. The summed E-state index contributed by atoms with van der Waals surface area (Å²) in [7, 11) is 0. The van der Waals surface area contributed by atoms with Crippen molar-refractivity contribution in [2.75, 3.05) is 13.2 Å². The zero-order valence-corrected chi connectivity index (χ0v) is 30.2. The molecule has 2 heterocycles. The Kier molecular flexibility index (Phi) is 13.1. The first-order valence-electron chi connectivity index (χ1n) is 15.2. The van der Waals surface area contributed by atoms with Crippen molar-refractivity contribution in [2.24, 2.45) is 16.0 Å². The highest BCUT2D eigenvalue weighted by Gasteiger charge is 2.36. The van der Waals surface area contributed by atoms with Crippen molar-refractivity contribution in [1.82, 2.24) is 5.32 Å². The third kappa shape index (κ3) is 11.6. The van der Waals surface area contributed by atoms with Gasteiger partial charge in [-0.05, 0) is 89.1 Å². The molecular weight excluding hydrogens is 693 g/mol. The highest BCUT2D eigenvalue weighted by Crippen LogP contribution is 2.34. The molecule has 1 aromatic carbocycles. The van der Waals surface area contributed by atoms with Crippen LogP contribution in [0.2, 0.25) is 0 Å². The molecule has 50 heavy (non-hydrogen) atoms. The van der Waals surface area contributed by atoms with Crippen molar-refractivity contribution < 1.29 is 52.5 Å². The van der Waals surface area contributed by atoms with Crippen LogP contribution >= 0.6 is 22.7 Å². The molecular formula is C34H38N2O12S2. The first kappa shape index (κ1) is 39.5. The van der Waals surface area contributed by atoms with Gasteiger partial charge in [-0.1, -0.05) is 18.2 Å². The number of hydrogen-bond acceptors (Lipinski definition) is 14. The molecule has 1 atom stereocenters. The van der Waals surface area contributed by atoms with Gasteiger partial charge in [0.25, 0.3) is 0 Å². The number of benzene rings is 1. The van der Waals surface area contributed by atoms with E-state index in [-0.39, 0.29) is 36.7 Å². The lowest BCUT2D eigenvalue weighted by Crippen LogP contribution is -2.44. The largest absolute Gasteiger partial charge is 0.460 e. The SMILES string of the molecule is CC(C)(C)OC(=O)N[C@@H](Cc1ccc(OC(=O)C(C)(C)COC(=O)c2cccs2)c(OC(=O)C(C)(C)COC(=O)c2cccs2)c1)C(=O)N=O.